The Hall–Kier alpha value is -3.45. The third-order valence-corrected chi connectivity index (χ3v) is 6.44. The molecule has 3 aromatic rings. The summed E-state index contributed by atoms with van der Waals surface area (Å²) in [5, 5.41) is 0. The Bertz CT molecular complexity index is 1180. The van der Waals surface area contributed by atoms with Crippen LogP contribution in [0.25, 0.3) is 0 Å². The topological polar surface area (TPSA) is 57.2 Å². The van der Waals surface area contributed by atoms with Crippen molar-refractivity contribution in [1.82, 2.24) is 4.90 Å². The van der Waals surface area contributed by atoms with Crippen LogP contribution in [0.2, 0.25) is 0 Å². The smallest absolute Gasteiger partial charge is 0.411 e. The standard InChI is InChI=1S/C33H39NO5/c1-25-20-34(32(35)39-33(2,3)4)29(24-36-21-26-14-8-5-9-15-26)31(38-23-28-18-12-7-13-19-28)30(25)37-22-27-16-10-6-11-17-27/h5-19,29-31H,1,20-24H2,2-4H3/t29-,30+,31+/m0/s1. The van der Waals surface area contributed by atoms with Crippen molar-refractivity contribution in [3.8, 4) is 0 Å². The molecular weight excluding hydrogens is 490 g/mol. The number of amides is 1. The molecule has 3 aromatic carbocycles. The minimum absolute atomic E-state index is 0.256. The van der Waals surface area contributed by atoms with Gasteiger partial charge in [0, 0.05) is 6.54 Å². The minimum atomic E-state index is -0.644. The van der Waals surface area contributed by atoms with Crippen LogP contribution in [0.5, 0.6) is 0 Å². The number of carbonyl (C=O) groups excluding carboxylic acids is 1. The molecule has 1 amide bonds. The number of nitrogens with zero attached hydrogens (tertiary/aromatic N) is 1. The van der Waals surface area contributed by atoms with E-state index < -0.39 is 29.9 Å². The molecule has 0 bridgehead atoms. The van der Waals surface area contributed by atoms with E-state index in [0.717, 1.165) is 22.3 Å². The molecule has 6 nitrogen and oxygen atoms in total. The number of hydrogen-bond donors (Lipinski definition) is 0. The van der Waals surface area contributed by atoms with Crippen LogP contribution >= 0.6 is 0 Å². The fourth-order valence-corrected chi connectivity index (χ4v) is 4.55. The van der Waals surface area contributed by atoms with E-state index in [2.05, 4.69) is 6.58 Å². The molecule has 0 radical (unpaired) electrons. The highest BCUT2D eigenvalue weighted by atomic mass is 16.6. The lowest BCUT2D eigenvalue weighted by molar-refractivity contribution is -0.134. The molecule has 1 saturated heterocycles. The molecule has 1 heterocycles. The maximum atomic E-state index is 13.4. The Balaban J connectivity index is 1.59. The summed E-state index contributed by atoms with van der Waals surface area (Å²) in [7, 11) is 0. The zero-order chi connectivity index (χ0) is 27.7. The highest BCUT2D eigenvalue weighted by molar-refractivity contribution is 5.69. The van der Waals surface area contributed by atoms with E-state index in [4.69, 9.17) is 18.9 Å². The van der Waals surface area contributed by atoms with Gasteiger partial charge in [-0.3, -0.25) is 4.90 Å². The van der Waals surface area contributed by atoms with E-state index in [9.17, 15) is 4.79 Å². The molecule has 3 atom stereocenters. The van der Waals surface area contributed by atoms with E-state index in [1.807, 2.05) is 112 Å². The maximum absolute atomic E-state index is 13.4. The van der Waals surface area contributed by atoms with Gasteiger partial charge in [-0.2, -0.15) is 0 Å². The first-order valence-corrected chi connectivity index (χ1v) is 13.4. The van der Waals surface area contributed by atoms with E-state index in [1.54, 1.807) is 4.90 Å². The van der Waals surface area contributed by atoms with Gasteiger partial charge < -0.3 is 18.9 Å². The molecule has 1 aliphatic heterocycles. The zero-order valence-electron chi connectivity index (χ0n) is 23.1. The van der Waals surface area contributed by atoms with Crippen LogP contribution in [0.15, 0.2) is 103 Å². The van der Waals surface area contributed by atoms with Gasteiger partial charge in [-0.15, -0.1) is 0 Å². The summed E-state index contributed by atoms with van der Waals surface area (Å²) in [5.41, 5.74) is 3.26. The number of benzene rings is 3. The monoisotopic (exact) mass is 529 g/mol. The fraction of sp³-hybridized carbons (Fsp3) is 0.364. The first kappa shape index (κ1) is 28.6. The second kappa shape index (κ2) is 13.6. The van der Waals surface area contributed by atoms with Gasteiger partial charge in [0.15, 0.2) is 0 Å². The van der Waals surface area contributed by atoms with E-state index in [-0.39, 0.29) is 6.61 Å². The molecule has 1 fully saturated rings. The number of likely N-dealkylation sites (tertiary alicyclic amines) is 1. The molecule has 1 aliphatic rings. The molecule has 0 saturated carbocycles. The number of carbonyl (C=O) groups is 1. The van der Waals surface area contributed by atoms with Crippen molar-refractivity contribution in [1.29, 1.82) is 0 Å². The lowest BCUT2D eigenvalue weighted by Crippen LogP contribution is -2.61. The van der Waals surface area contributed by atoms with Crippen LogP contribution in [-0.4, -0.2) is 48.0 Å². The predicted octanol–water partition coefficient (Wildman–Crippen LogP) is 6.55. The van der Waals surface area contributed by atoms with Crippen molar-refractivity contribution in [3.05, 3.63) is 120 Å². The highest BCUT2D eigenvalue weighted by Crippen LogP contribution is 2.30. The lowest BCUT2D eigenvalue weighted by atomic mass is 9.92. The number of piperidine rings is 1. The quantitative estimate of drug-likeness (QED) is 0.279. The Morgan fingerprint density at radius 1 is 0.795 bits per heavy atom. The average Bonchev–Trinajstić information content (AvgIpc) is 2.92. The Morgan fingerprint density at radius 2 is 1.28 bits per heavy atom. The lowest BCUT2D eigenvalue weighted by Gasteiger charge is -2.45. The van der Waals surface area contributed by atoms with Crippen LogP contribution < -0.4 is 0 Å². The third-order valence-electron chi connectivity index (χ3n) is 6.44. The van der Waals surface area contributed by atoms with Crippen molar-refractivity contribution in [2.45, 2.75) is 64.4 Å². The molecule has 0 N–H and O–H groups in total. The largest absolute Gasteiger partial charge is 0.444 e. The first-order chi connectivity index (χ1) is 18.8. The van der Waals surface area contributed by atoms with Crippen LogP contribution in [0, 0.1) is 0 Å². The molecule has 39 heavy (non-hydrogen) atoms. The normalized spacial score (nSPS) is 19.6. The zero-order valence-corrected chi connectivity index (χ0v) is 23.1. The Morgan fingerprint density at radius 3 is 1.79 bits per heavy atom. The van der Waals surface area contributed by atoms with Crippen LogP contribution in [0.4, 0.5) is 4.79 Å². The second-order valence-electron chi connectivity index (χ2n) is 10.8. The van der Waals surface area contributed by atoms with E-state index >= 15 is 0 Å². The van der Waals surface area contributed by atoms with Gasteiger partial charge in [0.1, 0.15) is 17.8 Å². The summed E-state index contributed by atoms with van der Waals surface area (Å²) < 4.78 is 25.0. The van der Waals surface area contributed by atoms with Crippen molar-refractivity contribution in [2.75, 3.05) is 13.2 Å². The summed E-state index contributed by atoms with van der Waals surface area (Å²) in [6, 6.07) is 29.5. The summed E-state index contributed by atoms with van der Waals surface area (Å²) in [6.45, 7) is 11.6. The molecule has 4 rings (SSSR count). The molecule has 206 valence electrons. The van der Waals surface area contributed by atoms with Gasteiger partial charge in [-0.1, -0.05) is 97.6 Å². The van der Waals surface area contributed by atoms with Gasteiger partial charge in [0.2, 0.25) is 0 Å². The van der Waals surface area contributed by atoms with Crippen LogP contribution in [0.1, 0.15) is 37.5 Å². The van der Waals surface area contributed by atoms with Gasteiger partial charge in [-0.05, 0) is 43.0 Å². The predicted molar refractivity (Wildman–Crippen MR) is 152 cm³/mol. The SMILES string of the molecule is C=C1CN(C(=O)OC(C)(C)C)[C@@H](COCc2ccccc2)[C@@H](OCc2ccccc2)[C@@H]1OCc1ccccc1. The van der Waals surface area contributed by atoms with Crippen molar-refractivity contribution < 1.29 is 23.7 Å². The van der Waals surface area contributed by atoms with Crippen LogP contribution in [0.3, 0.4) is 0 Å². The minimum Gasteiger partial charge on any atom is -0.444 e. The van der Waals surface area contributed by atoms with Gasteiger partial charge in [-0.25, -0.2) is 4.79 Å². The fourth-order valence-electron chi connectivity index (χ4n) is 4.55. The Labute approximate surface area is 232 Å². The van der Waals surface area contributed by atoms with Crippen LogP contribution in [-0.2, 0) is 38.8 Å². The summed E-state index contributed by atoms with van der Waals surface area (Å²) in [5.74, 6) is 0. The number of hydrogen-bond acceptors (Lipinski definition) is 5. The number of rotatable bonds is 10. The second-order valence-corrected chi connectivity index (χ2v) is 10.8. The molecule has 0 unspecified atom stereocenters. The molecule has 6 heteroatoms. The van der Waals surface area contributed by atoms with Crippen molar-refractivity contribution in [3.63, 3.8) is 0 Å². The molecule has 0 aliphatic carbocycles. The summed E-state index contributed by atoms with van der Waals surface area (Å²) in [6.07, 6.45) is -1.37. The van der Waals surface area contributed by atoms with E-state index in [1.165, 1.54) is 0 Å². The van der Waals surface area contributed by atoms with E-state index in [0.29, 0.717) is 26.4 Å². The summed E-state index contributed by atoms with van der Waals surface area (Å²) >= 11 is 0. The molecule has 0 aromatic heterocycles. The van der Waals surface area contributed by atoms with Gasteiger partial charge in [0.05, 0.1) is 32.5 Å². The van der Waals surface area contributed by atoms with Gasteiger partial charge >= 0.3 is 6.09 Å². The Kier molecular flexibility index (Phi) is 9.93. The van der Waals surface area contributed by atoms with Crippen molar-refractivity contribution in [2.24, 2.45) is 0 Å². The van der Waals surface area contributed by atoms with Crippen molar-refractivity contribution >= 4 is 6.09 Å². The first-order valence-electron chi connectivity index (χ1n) is 13.4. The average molecular weight is 530 g/mol. The molecule has 0 spiro atoms. The highest BCUT2D eigenvalue weighted by Gasteiger charge is 2.45. The number of ether oxygens (including phenoxy) is 4. The van der Waals surface area contributed by atoms with Gasteiger partial charge in [0.25, 0.3) is 0 Å². The maximum Gasteiger partial charge on any atom is 0.411 e. The molecular formula is C33H39NO5. The third kappa shape index (κ3) is 8.52. The summed E-state index contributed by atoms with van der Waals surface area (Å²) in [4.78, 5) is 15.1.